The van der Waals surface area contributed by atoms with Gasteiger partial charge in [-0.1, -0.05) is 37.6 Å². The molecule has 0 radical (unpaired) electrons. The van der Waals surface area contributed by atoms with Gasteiger partial charge in [-0.3, -0.25) is 0 Å². The number of aliphatic hydroxyl groups is 1. The van der Waals surface area contributed by atoms with Crippen LogP contribution in [0, 0.1) is 0 Å². The molecular weight excluding hydrogens is 248 g/mol. The fourth-order valence-electron chi connectivity index (χ4n) is 2.08. The molecule has 0 saturated heterocycles. The third-order valence-corrected chi connectivity index (χ3v) is 3.26. The molecule has 110 valence electrons. The molecule has 1 atom stereocenters. The van der Waals surface area contributed by atoms with E-state index in [1.54, 1.807) is 0 Å². The second-order valence-electron chi connectivity index (χ2n) is 5.35. The summed E-state index contributed by atoms with van der Waals surface area (Å²) in [6.45, 7) is 14.2. The monoisotopic (exact) mass is 274 g/mol. The van der Waals surface area contributed by atoms with Crippen molar-refractivity contribution >= 4 is 11.1 Å². The maximum absolute atomic E-state index is 9.12. The Bertz CT molecular complexity index is 436. The highest BCUT2D eigenvalue weighted by molar-refractivity contribution is 5.70. The van der Waals surface area contributed by atoms with Crippen molar-refractivity contribution in [3.63, 3.8) is 0 Å². The van der Waals surface area contributed by atoms with Crippen molar-refractivity contribution in [3.05, 3.63) is 42.5 Å². The van der Waals surface area contributed by atoms with E-state index < -0.39 is 0 Å². The Morgan fingerprint density at radius 2 is 1.65 bits per heavy atom. The van der Waals surface area contributed by atoms with E-state index in [9.17, 15) is 0 Å². The van der Waals surface area contributed by atoms with Crippen LogP contribution in [0.3, 0.4) is 0 Å². The molecule has 2 heteroatoms. The van der Waals surface area contributed by atoms with Crippen LogP contribution in [-0.4, -0.2) is 17.8 Å². The molecule has 1 aromatic carbocycles. The Labute approximate surface area is 122 Å². The third kappa shape index (κ3) is 4.86. The smallest absolute Gasteiger partial charge is 0.120 e. The standard InChI is InChI=1S/C18H26O2/c1-6-7-17(8-9-19)20-18-11-15(13(2)3)10-16(12-18)14(4)5/h10-12,17,19H,2,4,6-9H2,1,3,5H3. The summed E-state index contributed by atoms with van der Waals surface area (Å²) in [5.74, 6) is 0.829. The fraction of sp³-hybridized carbons (Fsp3) is 0.444. The van der Waals surface area contributed by atoms with Crippen LogP contribution in [0.25, 0.3) is 11.1 Å². The van der Waals surface area contributed by atoms with Crippen LogP contribution in [0.4, 0.5) is 0 Å². The van der Waals surface area contributed by atoms with Crippen LogP contribution in [-0.2, 0) is 0 Å². The van der Waals surface area contributed by atoms with Crippen LogP contribution >= 0.6 is 0 Å². The molecule has 2 nitrogen and oxygen atoms in total. The molecule has 0 heterocycles. The molecule has 1 aromatic rings. The topological polar surface area (TPSA) is 29.5 Å². The van der Waals surface area contributed by atoms with E-state index in [0.717, 1.165) is 40.9 Å². The van der Waals surface area contributed by atoms with Gasteiger partial charge in [0.2, 0.25) is 0 Å². The summed E-state index contributed by atoms with van der Waals surface area (Å²) < 4.78 is 6.03. The number of ether oxygens (including phenoxy) is 1. The van der Waals surface area contributed by atoms with E-state index in [-0.39, 0.29) is 12.7 Å². The molecule has 0 aliphatic heterocycles. The van der Waals surface area contributed by atoms with Crippen molar-refractivity contribution in [3.8, 4) is 5.75 Å². The van der Waals surface area contributed by atoms with Gasteiger partial charge in [0.1, 0.15) is 11.9 Å². The minimum atomic E-state index is 0.0587. The summed E-state index contributed by atoms with van der Waals surface area (Å²) in [7, 11) is 0. The lowest BCUT2D eigenvalue weighted by molar-refractivity contribution is 0.145. The van der Waals surface area contributed by atoms with Crippen molar-refractivity contribution in [1.29, 1.82) is 0 Å². The zero-order valence-electron chi connectivity index (χ0n) is 12.9. The average Bonchev–Trinajstić information content (AvgIpc) is 2.38. The predicted octanol–water partition coefficient (Wildman–Crippen LogP) is 4.68. The summed E-state index contributed by atoms with van der Waals surface area (Å²) in [4.78, 5) is 0. The van der Waals surface area contributed by atoms with Gasteiger partial charge in [0.15, 0.2) is 0 Å². The molecule has 1 N–H and O–H groups in total. The van der Waals surface area contributed by atoms with E-state index in [4.69, 9.17) is 9.84 Å². The number of hydrogen-bond donors (Lipinski definition) is 1. The molecule has 0 amide bonds. The van der Waals surface area contributed by atoms with Gasteiger partial charge in [0.25, 0.3) is 0 Å². The van der Waals surface area contributed by atoms with Crippen LogP contribution in [0.5, 0.6) is 5.75 Å². The van der Waals surface area contributed by atoms with Crippen LogP contribution in [0.15, 0.2) is 31.4 Å². The summed E-state index contributed by atoms with van der Waals surface area (Å²) in [6.07, 6.45) is 2.70. The summed E-state index contributed by atoms with van der Waals surface area (Å²) >= 11 is 0. The molecule has 0 spiro atoms. The lowest BCUT2D eigenvalue weighted by atomic mass is 10.0. The van der Waals surface area contributed by atoms with Gasteiger partial charge in [-0.05, 0) is 49.6 Å². The van der Waals surface area contributed by atoms with Crippen molar-refractivity contribution in [2.24, 2.45) is 0 Å². The SMILES string of the molecule is C=C(C)c1cc(OC(CCC)CCO)cc(C(=C)C)c1. The zero-order chi connectivity index (χ0) is 15.1. The Hall–Kier alpha value is -1.54. The minimum absolute atomic E-state index is 0.0587. The first kappa shape index (κ1) is 16.5. The van der Waals surface area contributed by atoms with Gasteiger partial charge >= 0.3 is 0 Å². The maximum Gasteiger partial charge on any atom is 0.120 e. The van der Waals surface area contributed by atoms with E-state index in [0.29, 0.717) is 6.42 Å². The second kappa shape index (κ2) is 7.91. The number of rotatable bonds is 8. The Morgan fingerprint density at radius 3 is 2.05 bits per heavy atom. The first-order chi connectivity index (χ1) is 9.47. The summed E-state index contributed by atoms with van der Waals surface area (Å²) in [6, 6.07) is 6.10. The third-order valence-electron chi connectivity index (χ3n) is 3.26. The number of benzene rings is 1. The fourth-order valence-corrected chi connectivity index (χ4v) is 2.08. The van der Waals surface area contributed by atoms with E-state index in [2.05, 4.69) is 26.1 Å². The highest BCUT2D eigenvalue weighted by Gasteiger charge is 2.11. The molecule has 1 unspecified atom stereocenters. The first-order valence-electron chi connectivity index (χ1n) is 7.22. The van der Waals surface area contributed by atoms with Crippen molar-refractivity contribution in [2.45, 2.75) is 46.1 Å². The predicted molar refractivity (Wildman–Crippen MR) is 86.9 cm³/mol. The van der Waals surface area contributed by atoms with Gasteiger partial charge in [0, 0.05) is 13.0 Å². The van der Waals surface area contributed by atoms with E-state index in [1.165, 1.54) is 0 Å². The van der Waals surface area contributed by atoms with Crippen molar-refractivity contribution < 1.29 is 9.84 Å². The normalized spacial score (nSPS) is 12.0. The van der Waals surface area contributed by atoms with E-state index >= 15 is 0 Å². The first-order valence-corrected chi connectivity index (χ1v) is 7.22. The lowest BCUT2D eigenvalue weighted by Crippen LogP contribution is -2.18. The van der Waals surface area contributed by atoms with Crippen molar-refractivity contribution in [1.82, 2.24) is 0 Å². The molecule has 20 heavy (non-hydrogen) atoms. The summed E-state index contributed by atoms with van der Waals surface area (Å²) in [5, 5.41) is 9.12. The Morgan fingerprint density at radius 1 is 1.10 bits per heavy atom. The number of aliphatic hydroxyl groups excluding tert-OH is 1. The number of hydrogen-bond acceptors (Lipinski definition) is 2. The van der Waals surface area contributed by atoms with Gasteiger partial charge in [0.05, 0.1) is 0 Å². The second-order valence-corrected chi connectivity index (χ2v) is 5.35. The Balaban J connectivity index is 3.03. The minimum Gasteiger partial charge on any atom is -0.490 e. The van der Waals surface area contributed by atoms with Gasteiger partial charge in [-0.15, -0.1) is 0 Å². The van der Waals surface area contributed by atoms with Crippen LogP contribution in [0.2, 0.25) is 0 Å². The maximum atomic E-state index is 9.12. The Kier molecular flexibility index (Phi) is 6.53. The summed E-state index contributed by atoms with van der Waals surface area (Å²) in [5.41, 5.74) is 4.15. The highest BCUT2D eigenvalue weighted by atomic mass is 16.5. The molecule has 1 rings (SSSR count). The van der Waals surface area contributed by atoms with Gasteiger partial charge in [-0.2, -0.15) is 0 Å². The zero-order valence-corrected chi connectivity index (χ0v) is 12.9. The van der Waals surface area contributed by atoms with Gasteiger partial charge < -0.3 is 9.84 Å². The van der Waals surface area contributed by atoms with E-state index in [1.807, 2.05) is 26.0 Å². The molecule has 0 saturated carbocycles. The van der Waals surface area contributed by atoms with Crippen molar-refractivity contribution in [2.75, 3.05) is 6.61 Å². The van der Waals surface area contributed by atoms with Gasteiger partial charge in [-0.25, -0.2) is 0 Å². The molecule has 0 fully saturated rings. The molecule has 0 aliphatic rings. The lowest BCUT2D eigenvalue weighted by Gasteiger charge is -2.19. The number of allylic oxidation sites excluding steroid dienone is 2. The van der Waals surface area contributed by atoms with Crippen LogP contribution < -0.4 is 4.74 Å². The highest BCUT2D eigenvalue weighted by Crippen LogP contribution is 2.27. The van der Waals surface area contributed by atoms with Crippen LogP contribution in [0.1, 0.15) is 51.2 Å². The largest absolute Gasteiger partial charge is 0.490 e. The molecule has 0 bridgehead atoms. The average molecular weight is 274 g/mol. The molecule has 0 aromatic heterocycles. The quantitative estimate of drug-likeness (QED) is 0.745. The molecular formula is C18H26O2. The molecule has 0 aliphatic carbocycles.